The molecule has 8 nitrogen and oxygen atoms in total. The van der Waals surface area contributed by atoms with Crippen molar-refractivity contribution in [3.63, 3.8) is 0 Å². The molecule has 2 amide bonds. The van der Waals surface area contributed by atoms with Gasteiger partial charge in [0.2, 0.25) is 5.91 Å². The highest BCUT2D eigenvalue weighted by Crippen LogP contribution is 2.49. The number of carboxylic acid groups (broad SMARTS) is 1. The highest BCUT2D eigenvalue weighted by molar-refractivity contribution is 5.98. The SMILES string of the molecule is C=C(CCF)NC(=O)[C@H]1[C@@H]2CC[C@@H](C2)[C@H]1NC(=O)c1cc(O[C@H]2CC[C@@](C)(C(=O)O)CC2)cc(F)c1OC. The summed E-state index contributed by atoms with van der Waals surface area (Å²) in [5.74, 6) is -2.83. The molecule has 0 saturated heterocycles. The number of hydrogen-bond acceptors (Lipinski definition) is 5. The molecule has 10 heteroatoms. The van der Waals surface area contributed by atoms with Crippen LogP contribution in [-0.4, -0.2) is 48.8 Å². The van der Waals surface area contributed by atoms with Crippen LogP contribution in [0.1, 0.15) is 68.6 Å². The third-order valence-corrected chi connectivity index (χ3v) is 8.53. The Hall–Kier alpha value is -3.17. The molecule has 0 heterocycles. The Morgan fingerprint density at radius 1 is 1.16 bits per heavy atom. The van der Waals surface area contributed by atoms with E-state index in [1.165, 1.54) is 13.2 Å². The molecule has 3 fully saturated rings. The normalized spacial score (nSPS) is 29.9. The second kappa shape index (κ2) is 11.3. The number of allylic oxidation sites excluding steroid dienone is 1. The largest absolute Gasteiger partial charge is 0.493 e. The van der Waals surface area contributed by atoms with Crippen LogP contribution in [0.25, 0.3) is 0 Å². The van der Waals surface area contributed by atoms with Gasteiger partial charge in [0.1, 0.15) is 5.75 Å². The second-order valence-corrected chi connectivity index (χ2v) is 11.1. The molecule has 0 unspecified atom stereocenters. The van der Waals surface area contributed by atoms with Gasteiger partial charge < -0.3 is 25.2 Å². The Bertz CT molecular complexity index is 1100. The molecule has 3 aliphatic carbocycles. The third kappa shape index (κ3) is 5.63. The third-order valence-electron chi connectivity index (χ3n) is 8.53. The second-order valence-electron chi connectivity index (χ2n) is 11.1. The van der Waals surface area contributed by atoms with Crippen molar-refractivity contribution in [2.24, 2.45) is 23.2 Å². The van der Waals surface area contributed by atoms with Gasteiger partial charge in [-0.2, -0.15) is 0 Å². The minimum atomic E-state index is -0.843. The van der Waals surface area contributed by atoms with Crippen LogP contribution in [0, 0.1) is 29.0 Å². The van der Waals surface area contributed by atoms with Crippen LogP contribution >= 0.6 is 0 Å². The highest BCUT2D eigenvalue weighted by Gasteiger charge is 2.51. The van der Waals surface area contributed by atoms with Gasteiger partial charge in [0.25, 0.3) is 5.91 Å². The van der Waals surface area contributed by atoms with Crippen molar-refractivity contribution in [1.82, 2.24) is 10.6 Å². The molecule has 208 valence electrons. The van der Waals surface area contributed by atoms with Crippen molar-refractivity contribution in [2.45, 2.75) is 70.4 Å². The van der Waals surface area contributed by atoms with Crippen LogP contribution < -0.4 is 20.1 Å². The molecule has 3 aliphatic rings. The zero-order chi connectivity index (χ0) is 27.6. The summed E-state index contributed by atoms with van der Waals surface area (Å²) in [6.45, 7) is 4.78. The summed E-state index contributed by atoms with van der Waals surface area (Å²) in [4.78, 5) is 38.0. The molecular formula is C28H36F2N2O6. The number of rotatable bonds is 10. The number of carbonyl (C=O) groups excluding carboxylic acids is 2. The number of hydrogen-bond donors (Lipinski definition) is 3. The lowest BCUT2D eigenvalue weighted by molar-refractivity contribution is -0.150. The maximum Gasteiger partial charge on any atom is 0.309 e. The van der Waals surface area contributed by atoms with Crippen molar-refractivity contribution in [1.29, 1.82) is 0 Å². The molecule has 38 heavy (non-hydrogen) atoms. The van der Waals surface area contributed by atoms with Crippen molar-refractivity contribution >= 4 is 17.8 Å². The Labute approximate surface area is 221 Å². The van der Waals surface area contributed by atoms with Gasteiger partial charge in [-0.25, -0.2) is 4.39 Å². The monoisotopic (exact) mass is 534 g/mol. The maximum absolute atomic E-state index is 15.0. The average Bonchev–Trinajstić information content (AvgIpc) is 3.47. The number of nitrogens with one attached hydrogen (secondary N) is 2. The predicted molar refractivity (Wildman–Crippen MR) is 135 cm³/mol. The smallest absolute Gasteiger partial charge is 0.309 e. The number of ether oxygens (including phenoxy) is 2. The number of alkyl halides is 1. The van der Waals surface area contributed by atoms with Gasteiger partial charge in [-0.15, -0.1) is 0 Å². The van der Waals surface area contributed by atoms with Gasteiger partial charge in [-0.05, 0) is 69.8 Å². The number of aliphatic carboxylic acids is 1. The van der Waals surface area contributed by atoms with E-state index in [1.54, 1.807) is 6.92 Å². The highest BCUT2D eigenvalue weighted by atomic mass is 19.1. The van der Waals surface area contributed by atoms with Gasteiger partial charge in [0, 0.05) is 24.2 Å². The van der Waals surface area contributed by atoms with E-state index >= 15 is 0 Å². The van der Waals surface area contributed by atoms with Crippen molar-refractivity contribution in [2.75, 3.05) is 13.8 Å². The Morgan fingerprint density at radius 3 is 2.47 bits per heavy atom. The predicted octanol–water partition coefficient (Wildman–Crippen LogP) is 4.38. The minimum absolute atomic E-state index is 0.0311. The number of amides is 2. The van der Waals surface area contributed by atoms with Gasteiger partial charge in [0.15, 0.2) is 11.6 Å². The summed E-state index contributed by atoms with van der Waals surface area (Å²) < 4.78 is 38.8. The molecular weight excluding hydrogens is 498 g/mol. The molecule has 2 bridgehead atoms. The lowest BCUT2D eigenvalue weighted by Crippen LogP contribution is -2.49. The van der Waals surface area contributed by atoms with Crippen molar-refractivity contribution in [3.8, 4) is 11.5 Å². The molecule has 3 N–H and O–H groups in total. The number of fused-ring (bicyclic) bond motifs is 2. The average molecular weight is 535 g/mol. The van der Waals surface area contributed by atoms with E-state index in [0.29, 0.717) is 31.4 Å². The quantitative estimate of drug-likeness (QED) is 0.411. The van der Waals surface area contributed by atoms with Gasteiger partial charge in [-0.1, -0.05) is 6.58 Å². The topological polar surface area (TPSA) is 114 Å². The summed E-state index contributed by atoms with van der Waals surface area (Å²) in [6, 6.07) is 2.13. The number of halogens is 2. The standard InChI is InChI=1S/C28H36F2N2O6/c1-15(8-11-29)31-26(34)22-16-4-5-17(12-16)23(22)32-25(33)20-13-19(14-21(30)24(20)37-3)38-18-6-9-28(2,10-7-18)27(35)36/h13-14,16-18,22-23H,1,4-12H2,2-3H3,(H,31,34)(H,32,33)(H,35,36)/t16-,17+,18-,22+,23-,28+/m1/s1. The molecule has 3 saturated carbocycles. The Morgan fingerprint density at radius 2 is 1.84 bits per heavy atom. The van der Waals surface area contributed by atoms with E-state index in [0.717, 1.165) is 25.3 Å². The fourth-order valence-corrected chi connectivity index (χ4v) is 6.30. The van der Waals surface area contributed by atoms with Gasteiger partial charge in [-0.3, -0.25) is 18.8 Å². The number of carboxylic acids is 1. The van der Waals surface area contributed by atoms with E-state index in [1.807, 2.05) is 0 Å². The van der Waals surface area contributed by atoms with Crippen molar-refractivity contribution in [3.05, 3.63) is 35.8 Å². The summed E-state index contributed by atoms with van der Waals surface area (Å²) in [6.07, 6.45) is 4.12. The first-order valence-corrected chi connectivity index (χ1v) is 13.2. The van der Waals surface area contributed by atoms with E-state index in [-0.39, 0.29) is 47.3 Å². The summed E-state index contributed by atoms with van der Waals surface area (Å²) in [7, 11) is 1.27. The van der Waals surface area contributed by atoms with Crippen LogP contribution in [0.3, 0.4) is 0 Å². The molecule has 0 spiro atoms. The lowest BCUT2D eigenvalue weighted by Gasteiger charge is -2.34. The molecule has 4 atom stereocenters. The van der Waals surface area contributed by atoms with Crippen molar-refractivity contribution < 1.29 is 37.7 Å². The first-order chi connectivity index (χ1) is 18.1. The van der Waals surface area contributed by atoms with E-state index < -0.39 is 41.7 Å². The fraction of sp³-hybridized carbons (Fsp3) is 0.607. The van der Waals surface area contributed by atoms with E-state index in [2.05, 4.69) is 17.2 Å². The van der Waals surface area contributed by atoms with Crippen LogP contribution in [-0.2, 0) is 9.59 Å². The van der Waals surface area contributed by atoms with Crippen LogP contribution in [0.5, 0.6) is 11.5 Å². The minimum Gasteiger partial charge on any atom is -0.493 e. The number of methoxy groups -OCH3 is 1. The maximum atomic E-state index is 15.0. The van der Waals surface area contributed by atoms with Gasteiger partial charge >= 0.3 is 5.97 Å². The Kier molecular flexibility index (Phi) is 8.28. The van der Waals surface area contributed by atoms with E-state index in [4.69, 9.17) is 9.47 Å². The number of benzene rings is 1. The van der Waals surface area contributed by atoms with Crippen LogP contribution in [0.4, 0.5) is 8.78 Å². The zero-order valence-corrected chi connectivity index (χ0v) is 21.9. The summed E-state index contributed by atoms with van der Waals surface area (Å²) in [5, 5.41) is 15.1. The molecule has 1 aromatic carbocycles. The van der Waals surface area contributed by atoms with E-state index in [9.17, 15) is 28.3 Å². The van der Waals surface area contributed by atoms with Gasteiger partial charge in [0.05, 0.1) is 36.8 Å². The first kappa shape index (κ1) is 27.9. The van der Waals surface area contributed by atoms with Crippen LogP contribution in [0.15, 0.2) is 24.4 Å². The number of carbonyl (C=O) groups is 3. The first-order valence-electron chi connectivity index (χ1n) is 13.2. The lowest BCUT2D eigenvalue weighted by atomic mass is 9.75. The molecule has 0 aromatic heterocycles. The zero-order valence-electron chi connectivity index (χ0n) is 21.9. The van der Waals surface area contributed by atoms with Crippen LogP contribution in [0.2, 0.25) is 0 Å². The Balaban J connectivity index is 1.49. The fourth-order valence-electron chi connectivity index (χ4n) is 6.30. The molecule has 0 radical (unpaired) electrons. The molecule has 0 aliphatic heterocycles. The molecule has 4 rings (SSSR count). The summed E-state index contributed by atoms with van der Waals surface area (Å²) in [5.41, 5.74) is -0.555. The summed E-state index contributed by atoms with van der Waals surface area (Å²) >= 11 is 0. The molecule has 1 aromatic rings.